The fraction of sp³-hybridized carbons (Fsp3) is 0.133. The first-order chi connectivity index (χ1) is 12.3. The molecule has 0 aliphatic heterocycles. The molecule has 2 aromatic heterocycles. The number of rotatable bonds is 3. The van der Waals surface area contributed by atoms with Gasteiger partial charge in [-0.3, -0.25) is 9.59 Å². The molecule has 0 unspecified atom stereocenters. The molecule has 0 bridgehead atoms. The molecule has 0 spiro atoms. The quantitative estimate of drug-likeness (QED) is 0.750. The fourth-order valence-corrected chi connectivity index (χ4v) is 2.33. The largest absolute Gasteiger partial charge is 0.417 e. The van der Waals surface area contributed by atoms with Crippen LogP contribution in [0.5, 0.6) is 0 Å². The van der Waals surface area contributed by atoms with Gasteiger partial charge in [-0.25, -0.2) is 9.67 Å². The van der Waals surface area contributed by atoms with Gasteiger partial charge in [0.25, 0.3) is 5.56 Å². The van der Waals surface area contributed by atoms with Crippen LogP contribution in [0.15, 0.2) is 41.3 Å². The Bertz CT molecular complexity index is 1050. The standard InChI is InChI=1S/C15H9ClF3N5O2/c16-10-5-8(15(17,18)19)6-20-13(10)21-12(25)7-24-14(26)9-3-1-2-4-11(9)22-23-24/h1-6H,7H2,(H,20,21,25). The van der Waals surface area contributed by atoms with Crippen LogP contribution < -0.4 is 10.9 Å². The van der Waals surface area contributed by atoms with Crippen LogP contribution in [-0.2, 0) is 17.5 Å². The lowest BCUT2D eigenvalue weighted by Crippen LogP contribution is -2.30. The molecule has 0 aliphatic carbocycles. The minimum Gasteiger partial charge on any atom is -0.308 e. The number of fused-ring (bicyclic) bond motifs is 1. The Kier molecular flexibility index (Phi) is 4.60. The van der Waals surface area contributed by atoms with E-state index in [4.69, 9.17) is 11.6 Å². The summed E-state index contributed by atoms with van der Waals surface area (Å²) < 4.78 is 38.6. The van der Waals surface area contributed by atoms with Crippen molar-refractivity contribution in [1.82, 2.24) is 20.0 Å². The lowest BCUT2D eigenvalue weighted by atomic mass is 10.2. The highest BCUT2D eigenvalue weighted by Gasteiger charge is 2.31. The van der Waals surface area contributed by atoms with Crippen molar-refractivity contribution < 1.29 is 18.0 Å². The SMILES string of the molecule is O=C(Cn1nnc2ccccc2c1=O)Nc1ncc(C(F)(F)F)cc1Cl. The summed E-state index contributed by atoms with van der Waals surface area (Å²) in [6, 6.07) is 7.11. The Morgan fingerprint density at radius 1 is 1.27 bits per heavy atom. The second-order valence-electron chi connectivity index (χ2n) is 5.17. The number of anilines is 1. The van der Waals surface area contributed by atoms with E-state index >= 15 is 0 Å². The molecule has 2 heterocycles. The molecule has 7 nitrogen and oxygen atoms in total. The van der Waals surface area contributed by atoms with E-state index in [1.807, 2.05) is 0 Å². The Labute approximate surface area is 148 Å². The molecule has 11 heteroatoms. The predicted octanol–water partition coefficient (Wildman–Crippen LogP) is 2.50. The van der Waals surface area contributed by atoms with Crippen molar-refractivity contribution in [3.05, 3.63) is 57.5 Å². The summed E-state index contributed by atoms with van der Waals surface area (Å²) in [5.74, 6) is -1.00. The highest BCUT2D eigenvalue weighted by Crippen LogP contribution is 2.32. The van der Waals surface area contributed by atoms with Crippen LogP contribution in [0.25, 0.3) is 10.9 Å². The first kappa shape index (κ1) is 17.8. The van der Waals surface area contributed by atoms with Gasteiger partial charge < -0.3 is 5.32 Å². The first-order valence-corrected chi connectivity index (χ1v) is 7.48. The summed E-state index contributed by atoms with van der Waals surface area (Å²) >= 11 is 5.72. The number of hydrogen-bond acceptors (Lipinski definition) is 5. The summed E-state index contributed by atoms with van der Waals surface area (Å²) in [5.41, 5.74) is -1.20. The van der Waals surface area contributed by atoms with E-state index in [1.54, 1.807) is 18.2 Å². The number of amides is 1. The molecule has 3 rings (SSSR count). The summed E-state index contributed by atoms with van der Waals surface area (Å²) in [6.07, 6.45) is -4.06. The number of alkyl halides is 3. The van der Waals surface area contributed by atoms with Crippen molar-refractivity contribution in [2.45, 2.75) is 12.7 Å². The van der Waals surface area contributed by atoms with Crippen molar-refractivity contribution >= 4 is 34.2 Å². The topological polar surface area (TPSA) is 89.8 Å². The fourth-order valence-electron chi connectivity index (χ4n) is 2.12. The molecule has 26 heavy (non-hydrogen) atoms. The molecule has 1 amide bonds. The number of aromatic nitrogens is 4. The van der Waals surface area contributed by atoms with E-state index in [9.17, 15) is 22.8 Å². The van der Waals surface area contributed by atoms with Gasteiger partial charge in [0.15, 0.2) is 5.82 Å². The van der Waals surface area contributed by atoms with Crippen LogP contribution in [-0.4, -0.2) is 25.9 Å². The van der Waals surface area contributed by atoms with Gasteiger partial charge in [0.1, 0.15) is 12.1 Å². The minimum atomic E-state index is -4.60. The lowest BCUT2D eigenvalue weighted by Gasteiger charge is -2.10. The summed E-state index contributed by atoms with van der Waals surface area (Å²) in [6.45, 7) is -0.504. The Morgan fingerprint density at radius 2 is 2.00 bits per heavy atom. The van der Waals surface area contributed by atoms with Crippen molar-refractivity contribution in [2.24, 2.45) is 0 Å². The zero-order chi connectivity index (χ0) is 18.9. The molecule has 0 aliphatic rings. The summed E-state index contributed by atoms with van der Waals surface area (Å²) in [4.78, 5) is 27.8. The molecule has 0 saturated heterocycles. The monoisotopic (exact) mass is 383 g/mol. The van der Waals surface area contributed by atoms with Gasteiger partial charge in [0, 0.05) is 6.20 Å². The van der Waals surface area contributed by atoms with Crippen LogP contribution in [0, 0.1) is 0 Å². The maximum Gasteiger partial charge on any atom is 0.417 e. The van der Waals surface area contributed by atoms with E-state index in [0.717, 1.165) is 4.68 Å². The maximum atomic E-state index is 12.6. The number of halogens is 4. The number of pyridine rings is 1. The number of hydrogen-bond donors (Lipinski definition) is 1. The zero-order valence-corrected chi connectivity index (χ0v) is 13.5. The third kappa shape index (κ3) is 3.64. The van der Waals surface area contributed by atoms with E-state index in [-0.39, 0.29) is 16.2 Å². The van der Waals surface area contributed by atoms with Gasteiger partial charge in [-0.15, -0.1) is 5.10 Å². The number of carbonyl (C=O) groups excluding carboxylic acids is 1. The van der Waals surface area contributed by atoms with Crippen LogP contribution in [0.4, 0.5) is 19.0 Å². The second-order valence-corrected chi connectivity index (χ2v) is 5.58. The van der Waals surface area contributed by atoms with Crippen LogP contribution >= 0.6 is 11.6 Å². The zero-order valence-electron chi connectivity index (χ0n) is 12.8. The van der Waals surface area contributed by atoms with Crippen molar-refractivity contribution in [3.63, 3.8) is 0 Å². The molecule has 1 N–H and O–H groups in total. The first-order valence-electron chi connectivity index (χ1n) is 7.11. The van der Waals surface area contributed by atoms with Crippen molar-refractivity contribution in [3.8, 4) is 0 Å². The van der Waals surface area contributed by atoms with Gasteiger partial charge in [0.2, 0.25) is 5.91 Å². The van der Waals surface area contributed by atoms with Gasteiger partial charge in [-0.1, -0.05) is 28.9 Å². The molecule has 0 fully saturated rings. The smallest absolute Gasteiger partial charge is 0.308 e. The third-order valence-corrected chi connectivity index (χ3v) is 3.64. The lowest BCUT2D eigenvalue weighted by molar-refractivity contribution is -0.137. The normalized spacial score (nSPS) is 11.5. The van der Waals surface area contributed by atoms with Gasteiger partial charge in [0.05, 0.1) is 16.0 Å². The average Bonchev–Trinajstić information content (AvgIpc) is 2.58. The van der Waals surface area contributed by atoms with E-state index in [1.165, 1.54) is 6.07 Å². The Morgan fingerprint density at radius 3 is 2.69 bits per heavy atom. The number of benzene rings is 1. The van der Waals surface area contributed by atoms with Gasteiger partial charge in [-0.05, 0) is 18.2 Å². The van der Waals surface area contributed by atoms with E-state index in [2.05, 4.69) is 20.6 Å². The minimum absolute atomic E-state index is 0.258. The molecular weight excluding hydrogens is 375 g/mol. The maximum absolute atomic E-state index is 12.6. The number of nitrogens with one attached hydrogen (secondary N) is 1. The third-order valence-electron chi connectivity index (χ3n) is 3.35. The number of carbonyl (C=O) groups is 1. The molecule has 1 aromatic carbocycles. The molecule has 134 valence electrons. The van der Waals surface area contributed by atoms with Gasteiger partial charge >= 0.3 is 6.18 Å². The van der Waals surface area contributed by atoms with Gasteiger partial charge in [-0.2, -0.15) is 13.2 Å². The molecule has 0 atom stereocenters. The van der Waals surface area contributed by atoms with Crippen molar-refractivity contribution in [1.29, 1.82) is 0 Å². The molecule has 0 saturated carbocycles. The van der Waals surface area contributed by atoms with E-state index in [0.29, 0.717) is 17.8 Å². The van der Waals surface area contributed by atoms with Crippen molar-refractivity contribution in [2.75, 3.05) is 5.32 Å². The molecule has 0 radical (unpaired) electrons. The Hall–Kier alpha value is -3.01. The number of nitrogens with zero attached hydrogens (tertiary/aromatic N) is 4. The Balaban J connectivity index is 1.80. The summed E-state index contributed by atoms with van der Waals surface area (Å²) in [5, 5.41) is 9.60. The van der Waals surface area contributed by atoms with Crippen LogP contribution in [0.1, 0.15) is 5.56 Å². The van der Waals surface area contributed by atoms with Crippen LogP contribution in [0.2, 0.25) is 5.02 Å². The highest BCUT2D eigenvalue weighted by molar-refractivity contribution is 6.33. The average molecular weight is 384 g/mol. The second kappa shape index (κ2) is 6.71. The van der Waals surface area contributed by atoms with Crippen LogP contribution in [0.3, 0.4) is 0 Å². The molecule has 3 aromatic rings. The van der Waals surface area contributed by atoms with E-state index < -0.39 is 29.8 Å². The predicted molar refractivity (Wildman–Crippen MR) is 86.7 cm³/mol. The molecular formula is C15H9ClF3N5O2. The summed E-state index contributed by atoms with van der Waals surface area (Å²) in [7, 11) is 0. The highest BCUT2D eigenvalue weighted by atomic mass is 35.5.